The molecule has 0 spiro atoms. The van der Waals surface area contributed by atoms with Gasteiger partial charge in [0, 0.05) is 50.2 Å². The Morgan fingerprint density at radius 1 is 0.800 bits per heavy atom. The van der Waals surface area contributed by atoms with E-state index in [2.05, 4.69) is 57.6 Å². The molecule has 1 N–H and O–H groups in total. The molecule has 152 valence electrons. The number of hydrogen-bond acceptors (Lipinski definition) is 3. The van der Waals surface area contributed by atoms with Crippen LogP contribution in [0.4, 0.5) is 11.4 Å². The number of nitrogens with zero attached hydrogens (tertiary/aromatic N) is 2. The zero-order chi connectivity index (χ0) is 20.6. The van der Waals surface area contributed by atoms with Crippen LogP contribution in [0.25, 0.3) is 6.08 Å². The summed E-state index contributed by atoms with van der Waals surface area (Å²) < 4.78 is 0. The van der Waals surface area contributed by atoms with Gasteiger partial charge in [-0.1, -0.05) is 60.7 Å². The molecule has 0 bridgehead atoms. The molecular weight excluding hydrogens is 370 g/mol. The number of amides is 1. The van der Waals surface area contributed by atoms with Crippen LogP contribution in [0.5, 0.6) is 0 Å². The molecule has 4 heteroatoms. The first-order valence-corrected chi connectivity index (χ1v) is 10.4. The standard InChI is InChI=1S/C26H27N3O/c30-26(16-11-22-7-3-1-4-8-22)27-24-12-14-25(15-13-24)29-19-17-28(18-20-29)21-23-9-5-2-6-10-23/h1-16H,17-21H2,(H,27,30)/b16-11+. The fourth-order valence-electron chi connectivity index (χ4n) is 3.68. The lowest BCUT2D eigenvalue weighted by Gasteiger charge is -2.36. The van der Waals surface area contributed by atoms with Gasteiger partial charge < -0.3 is 10.2 Å². The third kappa shape index (κ3) is 5.58. The Morgan fingerprint density at radius 2 is 1.43 bits per heavy atom. The van der Waals surface area contributed by atoms with Crippen LogP contribution in [0.2, 0.25) is 0 Å². The molecule has 0 aliphatic carbocycles. The maximum absolute atomic E-state index is 12.1. The van der Waals surface area contributed by atoms with Gasteiger partial charge >= 0.3 is 0 Å². The zero-order valence-corrected chi connectivity index (χ0v) is 17.1. The number of piperazine rings is 1. The molecule has 1 aliphatic heterocycles. The fourth-order valence-corrected chi connectivity index (χ4v) is 3.68. The van der Waals surface area contributed by atoms with Gasteiger partial charge in [-0.05, 0) is 41.5 Å². The van der Waals surface area contributed by atoms with Crippen molar-refractivity contribution in [2.24, 2.45) is 0 Å². The molecule has 4 nitrogen and oxygen atoms in total. The highest BCUT2D eigenvalue weighted by Crippen LogP contribution is 2.20. The highest BCUT2D eigenvalue weighted by molar-refractivity contribution is 6.02. The van der Waals surface area contributed by atoms with Crippen LogP contribution in [0, 0.1) is 0 Å². The van der Waals surface area contributed by atoms with Crippen molar-refractivity contribution in [3.05, 3.63) is 102 Å². The number of hydrogen-bond donors (Lipinski definition) is 1. The molecule has 1 heterocycles. The summed E-state index contributed by atoms with van der Waals surface area (Å²) >= 11 is 0. The van der Waals surface area contributed by atoms with E-state index in [-0.39, 0.29) is 5.91 Å². The van der Waals surface area contributed by atoms with Gasteiger partial charge in [-0.2, -0.15) is 0 Å². The molecule has 1 fully saturated rings. The fraction of sp³-hybridized carbons (Fsp3) is 0.192. The van der Waals surface area contributed by atoms with E-state index in [0.717, 1.165) is 44.0 Å². The van der Waals surface area contributed by atoms with E-state index in [4.69, 9.17) is 0 Å². The predicted octanol–water partition coefficient (Wildman–Crippen LogP) is 4.66. The highest BCUT2D eigenvalue weighted by Gasteiger charge is 2.17. The molecule has 1 saturated heterocycles. The topological polar surface area (TPSA) is 35.6 Å². The number of carbonyl (C=O) groups excluding carboxylic acids is 1. The van der Waals surface area contributed by atoms with Crippen LogP contribution >= 0.6 is 0 Å². The molecular formula is C26H27N3O. The van der Waals surface area contributed by atoms with E-state index in [1.54, 1.807) is 6.08 Å². The molecule has 1 amide bonds. The minimum atomic E-state index is -0.124. The number of benzene rings is 3. The van der Waals surface area contributed by atoms with E-state index >= 15 is 0 Å². The van der Waals surface area contributed by atoms with E-state index in [0.29, 0.717) is 0 Å². The Kier molecular flexibility index (Phi) is 6.58. The van der Waals surface area contributed by atoms with Crippen molar-refractivity contribution in [1.29, 1.82) is 0 Å². The second kappa shape index (κ2) is 9.90. The lowest BCUT2D eigenvalue weighted by molar-refractivity contribution is -0.111. The van der Waals surface area contributed by atoms with Gasteiger partial charge in [-0.25, -0.2) is 0 Å². The maximum Gasteiger partial charge on any atom is 0.248 e. The Bertz CT molecular complexity index is 960. The Balaban J connectivity index is 1.26. The van der Waals surface area contributed by atoms with Crippen LogP contribution < -0.4 is 10.2 Å². The predicted molar refractivity (Wildman–Crippen MR) is 124 cm³/mol. The Hall–Kier alpha value is -3.37. The summed E-state index contributed by atoms with van der Waals surface area (Å²) in [6, 6.07) is 28.6. The van der Waals surface area contributed by atoms with Crippen molar-refractivity contribution >= 4 is 23.4 Å². The summed E-state index contributed by atoms with van der Waals surface area (Å²) in [4.78, 5) is 17.0. The average Bonchev–Trinajstić information content (AvgIpc) is 2.80. The second-order valence-electron chi connectivity index (χ2n) is 7.53. The summed E-state index contributed by atoms with van der Waals surface area (Å²) in [6.07, 6.45) is 3.38. The van der Waals surface area contributed by atoms with E-state index in [1.807, 2.05) is 48.5 Å². The van der Waals surface area contributed by atoms with Crippen LogP contribution in [0.15, 0.2) is 91.0 Å². The third-order valence-corrected chi connectivity index (χ3v) is 5.35. The number of nitrogens with one attached hydrogen (secondary N) is 1. The summed E-state index contributed by atoms with van der Waals surface area (Å²) in [7, 11) is 0. The summed E-state index contributed by atoms with van der Waals surface area (Å²) in [5.74, 6) is -0.124. The van der Waals surface area contributed by atoms with Gasteiger partial charge in [-0.3, -0.25) is 9.69 Å². The highest BCUT2D eigenvalue weighted by atomic mass is 16.1. The largest absolute Gasteiger partial charge is 0.369 e. The summed E-state index contributed by atoms with van der Waals surface area (Å²) in [5, 5.41) is 2.92. The van der Waals surface area contributed by atoms with Crippen LogP contribution in [0.1, 0.15) is 11.1 Å². The molecule has 4 rings (SSSR count). The number of anilines is 2. The molecule has 0 radical (unpaired) electrons. The Labute approximate surface area is 178 Å². The van der Waals surface area contributed by atoms with Gasteiger partial charge in [0.2, 0.25) is 5.91 Å². The van der Waals surface area contributed by atoms with Gasteiger partial charge in [0.1, 0.15) is 0 Å². The smallest absolute Gasteiger partial charge is 0.248 e. The Morgan fingerprint density at radius 3 is 2.10 bits per heavy atom. The minimum absolute atomic E-state index is 0.124. The van der Waals surface area contributed by atoms with Crippen molar-refractivity contribution < 1.29 is 4.79 Å². The monoisotopic (exact) mass is 397 g/mol. The SMILES string of the molecule is O=C(/C=C/c1ccccc1)Nc1ccc(N2CCN(Cc3ccccc3)CC2)cc1. The lowest BCUT2D eigenvalue weighted by Crippen LogP contribution is -2.45. The normalized spacial score (nSPS) is 14.7. The third-order valence-electron chi connectivity index (χ3n) is 5.35. The van der Waals surface area contributed by atoms with E-state index in [1.165, 1.54) is 11.3 Å². The van der Waals surface area contributed by atoms with Crippen LogP contribution in [-0.4, -0.2) is 37.0 Å². The maximum atomic E-state index is 12.1. The molecule has 0 saturated carbocycles. The van der Waals surface area contributed by atoms with Crippen LogP contribution in [-0.2, 0) is 11.3 Å². The molecule has 0 atom stereocenters. The van der Waals surface area contributed by atoms with Crippen molar-refractivity contribution in [2.75, 3.05) is 36.4 Å². The molecule has 3 aromatic carbocycles. The van der Waals surface area contributed by atoms with Crippen molar-refractivity contribution in [3.63, 3.8) is 0 Å². The number of carbonyl (C=O) groups is 1. The first-order chi connectivity index (χ1) is 14.8. The molecule has 0 aromatic heterocycles. The first-order valence-electron chi connectivity index (χ1n) is 10.4. The molecule has 30 heavy (non-hydrogen) atoms. The molecule has 0 unspecified atom stereocenters. The number of rotatable bonds is 6. The van der Waals surface area contributed by atoms with Crippen molar-refractivity contribution in [1.82, 2.24) is 4.90 Å². The average molecular weight is 398 g/mol. The minimum Gasteiger partial charge on any atom is -0.369 e. The van der Waals surface area contributed by atoms with Gasteiger partial charge in [-0.15, -0.1) is 0 Å². The summed E-state index contributed by atoms with van der Waals surface area (Å²) in [5.41, 5.74) is 4.39. The zero-order valence-electron chi connectivity index (χ0n) is 17.1. The van der Waals surface area contributed by atoms with E-state index in [9.17, 15) is 4.79 Å². The second-order valence-corrected chi connectivity index (χ2v) is 7.53. The van der Waals surface area contributed by atoms with Crippen molar-refractivity contribution in [3.8, 4) is 0 Å². The lowest BCUT2D eigenvalue weighted by atomic mass is 10.2. The summed E-state index contributed by atoms with van der Waals surface area (Å²) in [6.45, 7) is 5.14. The quantitative estimate of drug-likeness (QED) is 0.615. The van der Waals surface area contributed by atoms with Crippen molar-refractivity contribution in [2.45, 2.75) is 6.54 Å². The van der Waals surface area contributed by atoms with Gasteiger partial charge in [0.15, 0.2) is 0 Å². The van der Waals surface area contributed by atoms with Gasteiger partial charge in [0.25, 0.3) is 0 Å². The van der Waals surface area contributed by atoms with Gasteiger partial charge in [0.05, 0.1) is 0 Å². The molecule has 3 aromatic rings. The molecule has 1 aliphatic rings. The van der Waals surface area contributed by atoms with Crippen LogP contribution in [0.3, 0.4) is 0 Å². The van der Waals surface area contributed by atoms with E-state index < -0.39 is 0 Å². The first kappa shape index (κ1) is 19.9.